The normalized spacial score (nSPS) is 13.1. The molecule has 0 saturated carbocycles. The van der Waals surface area contributed by atoms with Gasteiger partial charge in [-0.05, 0) is 22.8 Å². The van der Waals surface area contributed by atoms with Gasteiger partial charge in [0, 0.05) is 25.0 Å². The van der Waals surface area contributed by atoms with Crippen LogP contribution < -0.4 is 0 Å². The van der Waals surface area contributed by atoms with Crippen molar-refractivity contribution < 1.29 is 0 Å². The zero-order chi connectivity index (χ0) is 10.3. The predicted octanol–water partition coefficient (Wildman–Crippen LogP) is 2.02. The van der Waals surface area contributed by atoms with E-state index in [1.54, 1.807) is 0 Å². The maximum Gasteiger partial charge on any atom is 0.0646 e. The Morgan fingerprint density at radius 1 is 1.27 bits per heavy atom. The molecule has 1 aliphatic rings. The summed E-state index contributed by atoms with van der Waals surface area (Å²) >= 11 is 0. The summed E-state index contributed by atoms with van der Waals surface area (Å²) in [5.41, 5.74) is 4.90. The van der Waals surface area contributed by atoms with Crippen molar-refractivity contribution in [3.63, 3.8) is 0 Å². The molecule has 1 aromatic carbocycles. The second-order valence-electron chi connectivity index (χ2n) is 3.79. The number of fused-ring (bicyclic) bond motifs is 1. The standard InChI is InChI=1S/C12H11N3/c1-15-8-12(7-14-15)9-2-3-10-5-13-6-11(10)4-9/h2-4,6-8H,5H2,1H3. The van der Waals surface area contributed by atoms with E-state index in [4.69, 9.17) is 0 Å². The number of aryl methyl sites for hydroxylation is 1. The molecule has 15 heavy (non-hydrogen) atoms. The van der Waals surface area contributed by atoms with Gasteiger partial charge in [-0.3, -0.25) is 9.67 Å². The van der Waals surface area contributed by atoms with Gasteiger partial charge in [-0.15, -0.1) is 0 Å². The van der Waals surface area contributed by atoms with Crippen molar-refractivity contribution in [1.82, 2.24) is 9.78 Å². The lowest BCUT2D eigenvalue weighted by molar-refractivity contribution is 0.768. The van der Waals surface area contributed by atoms with Crippen LogP contribution in [0, 0.1) is 0 Å². The first kappa shape index (κ1) is 8.41. The van der Waals surface area contributed by atoms with Gasteiger partial charge < -0.3 is 0 Å². The largest absolute Gasteiger partial charge is 0.288 e. The molecule has 3 heteroatoms. The SMILES string of the molecule is Cn1cc(-c2ccc3c(c2)C=NC3)cn1. The summed E-state index contributed by atoms with van der Waals surface area (Å²) in [6, 6.07) is 6.44. The first-order chi connectivity index (χ1) is 7.33. The molecule has 0 N–H and O–H groups in total. The Morgan fingerprint density at radius 2 is 2.20 bits per heavy atom. The summed E-state index contributed by atoms with van der Waals surface area (Å²) in [7, 11) is 1.93. The Labute approximate surface area is 88.1 Å². The zero-order valence-corrected chi connectivity index (χ0v) is 8.51. The average Bonchev–Trinajstić information content (AvgIpc) is 2.84. The van der Waals surface area contributed by atoms with Crippen molar-refractivity contribution in [2.24, 2.45) is 12.0 Å². The number of hydrogen-bond donors (Lipinski definition) is 0. The minimum atomic E-state index is 0.822. The van der Waals surface area contributed by atoms with Crippen molar-refractivity contribution >= 4 is 6.21 Å². The van der Waals surface area contributed by atoms with E-state index in [2.05, 4.69) is 28.3 Å². The molecule has 0 bridgehead atoms. The van der Waals surface area contributed by atoms with Gasteiger partial charge >= 0.3 is 0 Å². The third kappa shape index (κ3) is 1.36. The van der Waals surface area contributed by atoms with Crippen LogP contribution in [-0.4, -0.2) is 16.0 Å². The molecule has 3 rings (SSSR count). The van der Waals surface area contributed by atoms with Crippen LogP contribution in [-0.2, 0) is 13.6 Å². The van der Waals surface area contributed by atoms with E-state index in [9.17, 15) is 0 Å². The molecule has 74 valence electrons. The third-order valence-corrected chi connectivity index (χ3v) is 2.68. The van der Waals surface area contributed by atoms with Gasteiger partial charge in [-0.25, -0.2) is 0 Å². The monoisotopic (exact) mass is 197 g/mol. The quantitative estimate of drug-likeness (QED) is 0.687. The fourth-order valence-electron chi connectivity index (χ4n) is 1.85. The predicted molar refractivity (Wildman–Crippen MR) is 59.9 cm³/mol. The minimum Gasteiger partial charge on any atom is -0.288 e. The van der Waals surface area contributed by atoms with Crippen molar-refractivity contribution in [3.8, 4) is 11.1 Å². The van der Waals surface area contributed by atoms with E-state index in [0.29, 0.717) is 0 Å². The summed E-state index contributed by atoms with van der Waals surface area (Å²) < 4.78 is 1.82. The summed E-state index contributed by atoms with van der Waals surface area (Å²) in [6.07, 6.45) is 5.84. The van der Waals surface area contributed by atoms with Crippen LogP contribution in [0.1, 0.15) is 11.1 Å². The lowest BCUT2D eigenvalue weighted by atomic mass is 10.0. The number of aliphatic imine (C=N–C) groups is 1. The second kappa shape index (κ2) is 3.05. The molecule has 2 aromatic rings. The van der Waals surface area contributed by atoms with Gasteiger partial charge in [-0.1, -0.05) is 12.1 Å². The van der Waals surface area contributed by atoms with Gasteiger partial charge in [0.1, 0.15) is 0 Å². The number of nitrogens with zero attached hydrogens (tertiary/aromatic N) is 3. The van der Waals surface area contributed by atoms with Crippen molar-refractivity contribution in [2.45, 2.75) is 6.54 Å². The van der Waals surface area contributed by atoms with Crippen LogP contribution in [0.15, 0.2) is 35.6 Å². The number of benzene rings is 1. The van der Waals surface area contributed by atoms with E-state index in [-0.39, 0.29) is 0 Å². The van der Waals surface area contributed by atoms with Crippen molar-refractivity contribution in [2.75, 3.05) is 0 Å². The van der Waals surface area contributed by atoms with Crippen molar-refractivity contribution in [1.29, 1.82) is 0 Å². The maximum absolute atomic E-state index is 4.25. The highest BCUT2D eigenvalue weighted by Gasteiger charge is 2.08. The van der Waals surface area contributed by atoms with Crippen LogP contribution >= 0.6 is 0 Å². The molecular weight excluding hydrogens is 186 g/mol. The summed E-state index contributed by atoms with van der Waals surface area (Å²) in [6.45, 7) is 0.822. The number of hydrogen-bond acceptors (Lipinski definition) is 2. The Bertz CT molecular complexity index is 538. The molecule has 0 radical (unpaired) electrons. The fraction of sp³-hybridized carbons (Fsp3) is 0.167. The fourth-order valence-corrected chi connectivity index (χ4v) is 1.85. The maximum atomic E-state index is 4.25. The Balaban J connectivity index is 2.10. The minimum absolute atomic E-state index is 0.822. The first-order valence-corrected chi connectivity index (χ1v) is 4.95. The Kier molecular flexibility index (Phi) is 1.71. The molecule has 0 saturated heterocycles. The molecule has 0 unspecified atom stereocenters. The molecule has 2 heterocycles. The highest BCUT2D eigenvalue weighted by atomic mass is 15.2. The molecule has 3 nitrogen and oxygen atoms in total. The molecule has 1 aliphatic heterocycles. The molecule has 0 aliphatic carbocycles. The van der Waals surface area contributed by atoms with Gasteiger partial charge in [0.25, 0.3) is 0 Å². The van der Waals surface area contributed by atoms with Gasteiger partial charge in [-0.2, -0.15) is 5.10 Å². The Hall–Kier alpha value is -1.90. The third-order valence-electron chi connectivity index (χ3n) is 2.68. The smallest absolute Gasteiger partial charge is 0.0646 e. The van der Waals surface area contributed by atoms with E-state index in [1.165, 1.54) is 16.7 Å². The lowest BCUT2D eigenvalue weighted by Gasteiger charge is -2.00. The van der Waals surface area contributed by atoms with Gasteiger partial charge in [0.05, 0.1) is 12.7 Å². The molecule has 0 spiro atoms. The van der Waals surface area contributed by atoms with Crippen LogP contribution in [0.4, 0.5) is 0 Å². The van der Waals surface area contributed by atoms with Crippen LogP contribution in [0.3, 0.4) is 0 Å². The molecule has 0 amide bonds. The number of rotatable bonds is 1. The second-order valence-corrected chi connectivity index (χ2v) is 3.79. The van der Waals surface area contributed by atoms with E-state index < -0.39 is 0 Å². The molecule has 1 aromatic heterocycles. The van der Waals surface area contributed by atoms with Crippen molar-refractivity contribution in [3.05, 3.63) is 41.7 Å². The van der Waals surface area contributed by atoms with E-state index in [0.717, 1.165) is 12.1 Å². The highest BCUT2D eigenvalue weighted by Crippen LogP contribution is 2.23. The van der Waals surface area contributed by atoms with Gasteiger partial charge in [0.2, 0.25) is 0 Å². The summed E-state index contributed by atoms with van der Waals surface area (Å²) in [5.74, 6) is 0. The Morgan fingerprint density at radius 3 is 3.00 bits per heavy atom. The van der Waals surface area contributed by atoms with Crippen LogP contribution in [0.25, 0.3) is 11.1 Å². The highest BCUT2D eigenvalue weighted by molar-refractivity contribution is 5.86. The summed E-state index contributed by atoms with van der Waals surface area (Å²) in [5, 5.41) is 4.17. The summed E-state index contributed by atoms with van der Waals surface area (Å²) in [4.78, 5) is 4.25. The van der Waals surface area contributed by atoms with Crippen LogP contribution in [0.5, 0.6) is 0 Å². The molecule has 0 fully saturated rings. The van der Waals surface area contributed by atoms with E-state index in [1.807, 2.05) is 30.3 Å². The number of aromatic nitrogens is 2. The zero-order valence-electron chi connectivity index (χ0n) is 8.51. The van der Waals surface area contributed by atoms with E-state index >= 15 is 0 Å². The topological polar surface area (TPSA) is 30.2 Å². The first-order valence-electron chi connectivity index (χ1n) is 4.95. The average molecular weight is 197 g/mol. The van der Waals surface area contributed by atoms with Gasteiger partial charge in [0.15, 0.2) is 0 Å². The molecular formula is C12H11N3. The van der Waals surface area contributed by atoms with Crippen LogP contribution in [0.2, 0.25) is 0 Å². The lowest BCUT2D eigenvalue weighted by Crippen LogP contribution is -1.86. The molecule has 0 atom stereocenters.